The number of imidazole rings is 1. The highest BCUT2D eigenvalue weighted by Crippen LogP contribution is 2.39. The van der Waals surface area contributed by atoms with Crippen LogP contribution in [0, 0.1) is 19.7 Å². The van der Waals surface area contributed by atoms with Crippen LogP contribution in [-0.2, 0) is 19.8 Å². The fourth-order valence-corrected chi connectivity index (χ4v) is 5.22. The maximum absolute atomic E-state index is 8.71. The molecule has 6 rings (SSSR count). The first kappa shape index (κ1) is 15.4. The molecule has 0 saturated heterocycles. The molecule has 0 bridgehead atoms. The first-order valence-corrected chi connectivity index (χ1v) is 11.5. The summed E-state index contributed by atoms with van der Waals surface area (Å²) >= 11 is 0. The fraction of sp³-hybridized carbons (Fsp3) is 0.267. The molecule has 1 aliphatic heterocycles. The minimum absolute atomic E-state index is 0.182. The molecule has 3 heteroatoms. The number of aryl methyl sites for hydroxylation is 1. The van der Waals surface area contributed by atoms with Gasteiger partial charge in [0.25, 0.3) is 0 Å². The molecule has 0 saturated carbocycles. The van der Waals surface area contributed by atoms with Crippen LogP contribution in [0.2, 0.25) is 0 Å². The SMILES string of the molecule is [2H]C([2H])([2H])c1c(C)c(-c2ccc3c(C([2H])([2H])C(C)C)cccc3[n+]2C)cc2c1Cc1nc3ccccc3n1-2. The number of pyridine rings is 1. The van der Waals surface area contributed by atoms with Crippen LogP contribution in [0.25, 0.3) is 38.9 Å². The number of benzene rings is 3. The van der Waals surface area contributed by atoms with Crippen molar-refractivity contribution in [3.05, 3.63) is 88.7 Å². The van der Waals surface area contributed by atoms with Crippen LogP contribution in [0.1, 0.15) is 48.8 Å². The molecule has 0 atom stereocenters. The fourth-order valence-electron chi connectivity index (χ4n) is 5.22. The summed E-state index contributed by atoms with van der Waals surface area (Å²) in [7, 11) is 1.96. The van der Waals surface area contributed by atoms with Crippen LogP contribution >= 0.6 is 0 Å². The van der Waals surface area contributed by atoms with Gasteiger partial charge in [0.15, 0.2) is 0 Å². The lowest BCUT2D eigenvalue weighted by Crippen LogP contribution is -2.32. The molecular weight excluding hydrogens is 402 g/mol. The Morgan fingerprint density at radius 3 is 2.76 bits per heavy atom. The summed E-state index contributed by atoms with van der Waals surface area (Å²) < 4.78 is 46.9. The Balaban J connectivity index is 1.64. The van der Waals surface area contributed by atoms with E-state index in [1.165, 1.54) is 0 Å². The molecule has 3 aromatic carbocycles. The van der Waals surface area contributed by atoms with Gasteiger partial charge in [0, 0.05) is 30.8 Å². The van der Waals surface area contributed by atoms with Gasteiger partial charge >= 0.3 is 0 Å². The van der Waals surface area contributed by atoms with Crippen molar-refractivity contribution in [1.29, 1.82) is 0 Å². The normalized spacial score (nSPS) is 15.7. The van der Waals surface area contributed by atoms with Gasteiger partial charge in [-0.25, -0.2) is 4.98 Å². The van der Waals surface area contributed by atoms with E-state index in [0.717, 1.165) is 55.8 Å². The molecule has 0 radical (unpaired) electrons. The Morgan fingerprint density at radius 1 is 1.09 bits per heavy atom. The lowest BCUT2D eigenvalue weighted by Gasteiger charge is -2.15. The van der Waals surface area contributed by atoms with E-state index in [1.807, 2.05) is 82.4 Å². The van der Waals surface area contributed by atoms with E-state index in [2.05, 4.69) is 15.2 Å². The predicted molar refractivity (Wildman–Crippen MR) is 136 cm³/mol. The van der Waals surface area contributed by atoms with E-state index in [9.17, 15) is 0 Å². The third-order valence-corrected chi connectivity index (χ3v) is 6.81. The van der Waals surface area contributed by atoms with E-state index >= 15 is 0 Å². The van der Waals surface area contributed by atoms with Gasteiger partial charge in [-0.2, -0.15) is 4.57 Å². The van der Waals surface area contributed by atoms with Gasteiger partial charge < -0.3 is 0 Å². The molecule has 164 valence electrons. The van der Waals surface area contributed by atoms with Crippen LogP contribution in [0.4, 0.5) is 0 Å². The second-order valence-electron chi connectivity index (χ2n) is 9.27. The van der Waals surface area contributed by atoms with Crippen molar-refractivity contribution < 1.29 is 11.4 Å². The summed E-state index contributed by atoms with van der Waals surface area (Å²) in [5.41, 5.74) is 7.97. The Morgan fingerprint density at radius 2 is 1.94 bits per heavy atom. The van der Waals surface area contributed by atoms with Gasteiger partial charge in [-0.05, 0) is 72.6 Å². The Hall–Kier alpha value is -3.46. The average molecular weight is 438 g/mol. The highest BCUT2D eigenvalue weighted by molar-refractivity contribution is 5.84. The second-order valence-corrected chi connectivity index (χ2v) is 9.27. The lowest BCUT2D eigenvalue weighted by atomic mass is 9.92. The van der Waals surface area contributed by atoms with Crippen molar-refractivity contribution in [2.75, 3.05) is 0 Å². The second kappa shape index (κ2) is 7.28. The van der Waals surface area contributed by atoms with Crippen molar-refractivity contribution in [3.8, 4) is 16.9 Å². The van der Waals surface area contributed by atoms with Gasteiger partial charge in [0.05, 0.1) is 22.3 Å². The molecule has 3 nitrogen and oxygen atoms in total. The monoisotopic (exact) mass is 437 g/mol. The largest absolute Gasteiger partial charge is 0.296 e. The van der Waals surface area contributed by atoms with Crippen molar-refractivity contribution in [1.82, 2.24) is 9.55 Å². The third-order valence-electron chi connectivity index (χ3n) is 6.81. The van der Waals surface area contributed by atoms with Crippen molar-refractivity contribution >= 4 is 21.9 Å². The Labute approximate surface area is 202 Å². The maximum Gasteiger partial charge on any atom is 0.213 e. The summed E-state index contributed by atoms with van der Waals surface area (Å²) in [5, 5.41) is 0.857. The van der Waals surface area contributed by atoms with E-state index < -0.39 is 13.2 Å². The predicted octanol–water partition coefficient (Wildman–Crippen LogP) is 6.39. The number of fused-ring (bicyclic) bond motifs is 6. The maximum atomic E-state index is 8.71. The molecule has 0 spiro atoms. The molecule has 0 N–H and O–H groups in total. The molecule has 0 unspecified atom stereocenters. The van der Waals surface area contributed by atoms with Gasteiger partial charge in [0.1, 0.15) is 12.9 Å². The molecule has 2 aromatic heterocycles. The minimum atomic E-state index is -2.28. The van der Waals surface area contributed by atoms with Crippen LogP contribution in [0.15, 0.2) is 60.7 Å². The highest BCUT2D eigenvalue weighted by Gasteiger charge is 2.28. The standard InChI is InChI=1S/C30H30N3/c1-18(2)15-21-9-8-12-26-22(21)13-14-27(32(26)5)23-16-29-24(20(4)19(23)3)17-30-31-25-10-6-7-11-28(25)33(29)30/h6-14,16,18H,15,17H2,1-5H3/q+1/i4D3,15D2. The number of hydrogen-bond donors (Lipinski definition) is 0. The van der Waals surface area contributed by atoms with E-state index in [1.54, 1.807) is 0 Å². The van der Waals surface area contributed by atoms with Crippen molar-refractivity contribution in [2.45, 2.75) is 40.4 Å². The van der Waals surface area contributed by atoms with Crippen molar-refractivity contribution in [3.63, 3.8) is 0 Å². The van der Waals surface area contributed by atoms with Crippen molar-refractivity contribution in [2.24, 2.45) is 13.0 Å². The lowest BCUT2D eigenvalue weighted by molar-refractivity contribution is -0.633. The first-order chi connectivity index (χ1) is 17.9. The molecule has 0 fully saturated rings. The van der Waals surface area contributed by atoms with Crippen LogP contribution < -0.4 is 4.57 Å². The molecule has 0 aliphatic carbocycles. The highest BCUT2D eigenvalue weighted by atomic mass is 15.1. The van der Waals surface area contributed by atoms with E-state index in [0.29, 0.717) is 17.5 Å². The van der Waals surface area contributed by atoms with E-state index in [4.69, 9.17) is 11.8 Å². The summed E-state index contributed by atoms with van der Waals surface area (Å²) in [6.45, 7) is 3.41. The zero-order chi connectivity index (χ0) is 27.1. The third kappa shape index (κ3) is 2.95. The van der Waals surface area contributed by atoms with Gasteiger partial charge in [0.2, 0.25) is 11.2 Å². The van der Waals surface area contributed by atoms with E-state index in [-0.39, 0.29) is 5.92 Å². The number of aromatic nitrogens is 3. The first-order valence-electron chi connectivity index (χ1n) is 14.0. The van der Waals surface area contributed by atoms with Gasteiger partial charge in [-0.3, -0.25) is 4.57 Å². The van der Waals surface area contributed by atoms with Crippen LogP contribution in [0.3, 0.4) is 0 Å². The Kier molecular flexibility index (Phi) is 3.39. The average Bonchev–Trinajstić information content (AvgIpc) is 3.38. The zero-order valence-electron chi connectivity index (χ0n) is 24.4. The number of hydrogen-bond acceptors (Lipinski definition) is 1. The molecule has 1 aliphatic rings. The minimum Gasteiger partial charge on any atom is -0.296 e. The molecule has 5 aromatic rings. The summed E-state index contributed by atoms with van der Waals surface area (Å²) in [6, 6.07) is 19.8. The molecule has 33 heavy (non-hydrogen) atoms. The number of para-hydroxylation sites is 2. The number of nitrogens with zero attached hydrogens (tertiary/aromatic N) is 3. The molecule has 3 heterocycles. The van der Waals surface area contributed by atoms with Gasteiger partial charge in [-0.1, -0.05) is 38.1 Å². The zero-order valence-corrected chi connectivity index (χ0v) is 19.4. The summed E-state index contributed by atoms with van der Waals surface area (Å²) in [5.74, 6) is 0.671. The Bertz CT molecular complexity index is 1760. The topological polar surface area (TPSA) is 21.7 Å². The molecule has 0 amide bonds. The summed E-state index contributed by atoms with van der Waals surface area (Å²) in [4.78, 5) is 4.81. The smallest absolute Gasteiger partial charge is 0.213 e. The summed E-state index contributed by atoms with van der Waals surface area (Å²) in [6.07, 6.45) is -0.999. The molecular formula is C30H30N3+. The van der Waals surface area contributed by atoms with Crippen LogP contribution in [0.5, 0.6) is 0 Å². The quantitative estimate of drug-likeness (QED) is 0.294. The number of rotatable bonds is 3. The van der Waals surface area contributed by atoms with Crippen LogP contribution in [-0.4, -0.2) is 9.55 Å². The van der Waals surface area contributed by atoms with Gasteiger partial charge in [-0.15, -0.1) is 0 Å².